The van der Waals surface area contributed by atoms with Crippen LogP contribution < -0.4 is 0 Å². The van der Waals surface area contributed by atoms with E-state index < -0.39 is 0 Å². The summed E-state index contributed by atoms with van der Waals surface area (Å²) in [7, 11) is 0. The predicted octanol–water partition coefficient (Wildman–Crippen LogP) is 1.97. The number of rotatable bonds is 0. The van der Waals surface area contributed by atoms with Crippen molar-refractivity contribution in [3.8, 4) is 6.19 Å². The largest absolute Gasteiger partial charge is 0.205 e. The molecule has 0 aliphatic rings. The van der Waals surface area contributed by atoms with E-state index in [-0.39, 0.29) is 5.41 Å². The predicted molar refractivity (Wildman–Crippen MR) is 38.2 cm³/mol. The van der Waals surface area contributed by atoms with Crippen LogP contribution in [0.5, 0.6) is 0 Å². The van der Waals surface area contributed by atoms with Crippen LogP contribution in [0.15, 0.2) is 4.99 Å². The molecule has 0 aromatic rings. The van der Waals surface area contributed by atoms with Gasteiger partial charge < -0.3 is 0 Å². The average molecular weight is 124 g/mol. The number of hydrogen-bond acceptors (Lipinski definition) is 2. The van der Waals surface area contributed by atoms with Gasteiger partial charge in [-0.3, -0.25) is 0 Å². The minimum absolute atomic E-state index is 0.0374. The number of nitrogens with zero attached hydrogens (tertiary/aromatic N) is 2. The van der Waals surface area contributed by atoms with E-state index in [1.165, 1.54) is 0 Å². The second-order valence-corrected chi connectivity index (χ2v) is 3.05. The van der Waals surface area contributed by atoms with E-state index >= 15 is 0 Å². The van der Waals surface area contributed by atoms with Crippen molar-refractivity contribution in [1.82, 2.24) is 0 Å². The fourth-order valence-electron chi connectivity index (χ4n) is 0.243. The first kappa shape index (κ1) is 8.16. The molecule has 0 saturated carbocycles. The molecular formula is C7H12N2. The molecule has 0 aromatic heterocycles. The van der Waals surface area contributed by atoms with Crippen LogP contribution in [-0.2, 0) is 0 Å². The Labute approximate surface area is 56.2 Å². The van der Waals surface area contributed by atoms with Gasteiger partial charge in [-0.25, -0.2) is 0 Å². The van der Waals surface area contributed by atoms with Crippen LogP contribution in [-0.4, -0.2) is 5.71 Å². The first-order chi connectivity index (χ1) is 3.98. The Bertz CT molecular complexity index is 155. The van der Waals surface area contributed by atoms with Crippen LogP contribution in [0.4, 0.5) is 0 Å². The first-order valence-corrected chi connectivity index (χ1v) is 2.92. The quantitative estimate of drug-likeness (QED) is 0.359. The zero-order valence-electron chi connectivity index (χ0n) is 6.39. The zero-order valence-corrected chi connectivity index (χ0v) is 6.39. The van der Waals surface area contributed by atoms with Crippen LogP contribution in [0.25, 0.3) is 0 Å². The van der Waals surface area contributed by atoms with E-state index in [0.29, 0.717) is 0 Å². The van der Waals surface area contributed by atoms with Gasteiger partial charge in [0.25, 0.3) is 0 Å². The van der Waals surface area contributed by atoms with Gasteiger partial charge in [-0.2, -0.15) is 10.3 Å². The maximum atomic E-state index is 8.16. The monoisotopic (exact) mass is 124 g/mol. The topological polar surface area (TPSA) is 36.1 Å². The molecule has 0 amide bonds. The Morgan fingerprint density at radius 1 is 1.44 bits per heavy atom. The number of hydrogen-bond donors (Lipinski definition) is 0. The molecular weight excluding hydrogens is 112 g/mol. The lowest BCUT2D eigenvalue weighted by atomic mass is 9.91. The molecule has 0 radical (unpaired) electrons. The molecule has 0 unspecified atom stereocenters. The third-order valence-corrected chi connectivity index (χ3v) is 1.30. The minimum Gasteiger partial charge on any atom is -0.182 e. The number of nitriles is 1. The Kier molecular flexibility index (Phi) is 2.39. The molecule has 0 N–H and O–H groups in total. The van der Waals surface area contributed by atoms with Gasteiger partial charge in [-0.05, 0) is 6.92 Å². The molecule has 0 aliphatic heterocycles. The van der Waals surface area contributed by atoms with Crippen molar-refractivity contribution in [2.75, 3.05) is 0 Å². The van der Waals surface area contributed by atoms with Gasteiger partial charge in [0, 0.05) is 11.1 Å². The van der Waals surface area contributed by atoms with Gasteiger partial charge in [0.1, 0.15) is 0 Å². The van der Waals surface area contributed by atoms with Gasteiger partial charge in [-0.1, -0.05) is 20.8 Å². The molecule has 0 heterocycles. The first-order valence-electron chi connectivity index (χ1n) is 2.92. The molecule has 0 aromatic carbocycles. The second-order valence-electron chi connectivity index (χ2n) is 3.05. The van der Waals surface area contributed by atoms with Crippen molar-refractivity contribution < 1.29 is 0 Å². The molecule has 0 atom stereocenters. The summed E-state index contributed by atoms with van der Waals surface area (Å²) < 4.78 is 0. The summed E-state index contributed by atoms with van der Waals surface area (Å²) in [6.45, 7) is 7.96. The highest BCUT2D eigenvalue weighted by atomic mass is 14.7. The Hall–Kier alpha value is -0.840. The highest BCUT2D eigenvalue weighted by Crippen LogP contribution is 2.14. The third kappa shape index (κ3) is 2.86. The number of aliphatic imine (C=N–C) groups is 1. The molecule has 50 valence electrons. The van der Waals surface area contributed by atoms with Gasteiger partial charge >= 0.3 is 0 Å². The maximum Gasteiger partial charge on any atom is 0.205 e. The lowest BCUT2D eigenvalue weighted by Crippen LogP contribution is -2.16. The van der Waals surface area contributed by atoms with Crippen molar-refractivity contribution in [3.05, 3.63) is 0 Å². The van der Waals surface area contributed by atoms with Gasteiger partial charge in [0.15, 0.2) is 0 Å². The minimum atomic E-state index is 0.0374. The van der Waals surface area contributed by atoms with Crippen LogP contribution in [0.1, 0.15) is 27.7 Å². The molecule has 2 heteroatoms. The third-order valence-electron chi connectivity index (χ3n) is 1.30. The van der Waals surface area contributed by atoms with Crippen molar-refractivity contribution >= 4 is 5.71 Å². The summed E-state index contributed by atoms with van der Waals surface area (Å²) in [6, 6.07) is 0. The second kappa shape index (κ2) is 2.63. The lowest BCUT2D eigenvalue weighted by molar-refractivity contribution is 0.588. The van der Waals surface area contributed by atoms with E-state index in [0.717, 1.165) is 5.71 Å². The fourth-order valence-corrected chi connectivity index (χ4v) is 0.243. The molecule has 0 fully saturated rings. The van der Waals surface area contributed by atoms with E-state index in [4.69, 9.17) is 5.26 Å². The standard InChI is InChI=1S/C7H12N2/c1-6(9-5-8)7(2,3)4/h1-4H3. The van der Waals surface area contributed by atoms with Crippen LogP contribution in [0.3, 0.4) is 0 Å². The van der Waals surface area contributed by atoms with E-state index in [1.807, 2.05) is 27.7 Å². The van der Waals surface area contributed by atoms with Crippen LogP contribution in [0, 0.1) is 16.9 Å². The highest BCUT2D eigenvalue weighted by Gasteiger charge is 2.13. The van der Waals surface area contributed by atoms with E-state index in [2.05, 4.69) is 4.99 Å². The average Bonchev–Trinajstić information content (AvgIpc) is 1.64. The van der Waals surface area contributed by atoms with Crippen LogP contribution >= 0.6 is 0 Å². The molecule has 0 bridgehead atoms. The normalized spacial score (nSPS) is 13.0. The van der Waals surface area contributed by atoms with Crippen molar-refractivity contribution in [2.24, 2.45) is 10.4 Å². The zero-order chi connectivity index (χ0) is 7.49. The SMILES string of the molecule is CC(=NC#N)C(C)(C)C. The summed E-state index contributed by atoms with van der Waals surface area (Å²) in [6.07, 6.45) is 1.76. The van der Waals surface area contributed by atoms with Gasteiger partial charge in [0.2, 0.25) is 6.19 Å². The van der Waals surface area contributed by atoms with Gasteiger partial charge in [-0.15, -0.1) is 0 Å². The van der Waals surface area contributed by atoms with Gasteiger partial charge in [0.05, 0.1) is 0 Å². The Balaban J connectivity index is 4.25. The molecule has 0 aliphatic carbocycles. The van der Waals surface area contributed by atoms with Crippen LogP contribution in [0.2, 0.25) is 0 Å². The summed E-state index contributed by atoms with van der Waals surface area (Å²) >= 11 is 0. The Morgan fingerprint density at radius 3 is 2.00 bits per heavy atom. The summed E-state index contributed by atoms with van der Waals surface area (Å²) in [5.74, 6) is 0. The fraction of sp³-hybridized carbons (Fsp3) is 0.714. The van der Waals surface area contributed by atoms with Crippen molar-refractivity contribution in [3.63, 3.8) is 0 Å². The van der Waals surface area contributed by atoms with E-state index in [9.17, 15) is 0 Å². The molecule has 0 saturated heterocycles. The molecule has 2 nitrogen and oxygen atoms in total. The molecule has 0 spiro atoms. The van der Waals surface area contributed by atoms with Crippen molar-refractivity contribution in [1.29, 1.82) is 5.26 Å². The summed E-state index contributed by atoms with van der Waals surface area (Å²) in [5, 5.41) is 8.16. The summed E-state index contributed by atoms with van der Waals surface area (Å²) in [4.78, 5) is 3.62. The molecule has 9 heavy (non-hydrogen) atoms. The summed E-state index contributed by atoms with van der Waals surface area (Å²) in [5.41, 5.74) is 0.917. The smallest absolute Gasteiger partial charge is 0.182 e. The highest BCUT2D eigenvalue weighted by molar-refractivity contribution is 5.87. The van der Waals surface area contributed by atoms with E-state index in [1.54, 1.807) is 6.19 Å². The van der Waals surface area contributed by atoms with Crippen molar-refractivity contribution in [2.45, 2.75) is 27.7 Å². The molecule has 0 rings (SSSR count). The Morgan fingerprint density at radius 2 is 1.89 bits per heavy atom. The maximum absolute atomic E-state index is 8.16. The lowest BCUT2D eigenvalue weighted by Gasteiger charge is -2.15.